The molecule has 0 aliphatic carbocycles. The summed E-state index contributed by atoms with van der Waals surface area (Å²) in [6.07, 6.45) is 23.3. The Morgan fingerprint density at radius 1 is 0.775 bits per heavy atom. The van der Waals surface area contributed by atoms with Crippen LogP contribution in [0.3, 0.4) is 0 Å². The predicted octanol–water partition coefficient (Wildman–Crippen LogP) is 11.3. The fourth-order valence-electron chi connectivity index (χ4n) is 6.43. The van der Waals surface area contributed by atoms with Crippen molar-refractivity contribution in [3.05, 3.63) is 28.0 Å². The monoisotopic (exact) mass is 592 g/mol. The highest BCUT2D eigenvalue weighted by molar-refractivity contribution is 8.10. The van der Waals surface area contributed by atoms with Crippen LogP contribution in [0.15, 0.2) is 17.5 Å². The predicted molar refractivity (Wildman–Crippen MR) is 173 cm³/mol. The molecule has 3 unspecified atom stereocenters. The second kappa shape index (κ2) is 19.0. The van der Waals surface area contributed by atoms with Gasteiger partial charge >= 0.3 is 11.9 Å². The minimum Gasteiger partial charge on any atom is -0.481 e. The van der Waals surface area contributed by atoms with E-state index in [0.29, 0.717) is 17.4 Å². The third-order valence-electron chi connectivity index (χ3n) is 8.69. The first-order chi connectivity index (χ1) is 19.3. The Hall–Kier alpha value is -1.27. The number of aliphatic carboxylic acids is 1. The molecular weight excluding hydrogens is 537 g/mol. The molecule has 0 saturated carbocycles. The second-order valence-corrected chi connectivity index (χ2v) is 14.5. The van der Waals surface area contributed by atoms with Crippen molar-refractivity contribution in [3.8, 4) is 0 Å². The van der Waals surface area contributed by atoms with Crippen LogP contribution in [0.2, 0.25) is 0 Å². The fraction of sp³-hybridized carbons (Fsp3) is 0.765. The molecule has 228 valence electrons. The van der Waals surface area contributed by atoms with Crippen molar-refractivity contribution in [1.29, 1.82) is 0 Å². The molecule has 1 aliphatic heterocycles. The maximum Gasteiger partial charge on any atom is 0.336 e. The molecule has 0 saturated heterocycles. The number of hydrogen-bond acceptors (Lipinski definition) is 4. The molecule has 1 aromatic heterocycles. The van der Waals surface area contributed by atoms with Crippen LogP contribution in [0, 0.1) is 17.8 Å². The number of rotatable bonds is 23. The summed E-state index contributed by atoms with van der Waals surface area (Å²) in [5.41, 5.74) is 0.291. The molecule has 0 radical (unpaired) electrons. The first-order valence-electron chi connectivity index (χ1n) is 16.3. The number of thiophene rings is 1. The molecule has 1 aromatic rings. The first-order valence-corrected chi connectivity index (χ1v) is 18.0. The van der Waals surface area contributed by atoms with Gasteiger partial charge in [-0.1, -0.05) is 137 Å². The van der Waals surface area contributed by atoms with E-state index >= 15 is 0 Å². The molecule has 1 aliphatic rings. The number of thioether (sulfide) groups is 1. The Labute approximate surface area is 252 Å². The van der Waals surface area contributed by atoms with Gasteiger partial charge in [0.25, 0.3) is 0 Å². The summed E-state index contributed by atoms with van der Waals surface area (Å²) in [5.74, 6) is -1.13. The quantitative estimate of drug-likeness (QED) is 0.124. The summed E-state index contributed by atoms with van der Waals surface area (Å²) in [4.78, 5) is 26.4. The standard InChI is InChI=1S/C34H56O4S2/c1-5-9-13-15-19-26(17-11-7-3)23-34(24-27(18-12-8-4)20-16-14-10-6-2)29(33(37)38)22-31(40-34)30-21-28(25-39-30)32(35)36/h21-22,25-27,29H,5-20,23-24H2,1-4H3,(H,35,36)(H,37,38). The van der Waals surface area contributed by atoms with Gasteiger partial charge in [-0.15, -0.1) is 23.1 Å². The molecule has 0 fully saturated rings. The van der Waals surface area contributed by atoms with Crippen LogP contribution in [0.1, 0.15) is 159 Å². The smallest absolute Gasteiger partial charge is 0.336 e. The van der Waals surface area contributed by atoms with E-state index in [2.05, 4.69) is 27.7 Å². The van der Waals surface area contributed by atoms with Crippen LogP contribution < -0.4 is 0 Å². The normalized spacial score (nSPS) is 20.4. The molecule has 6 heteroatoms. The molecule has 2 N–H and O–H groups in total. The van der Waals surface area contributed by atoms with E-state index in [1.165, 1.54) is 114 Å². The van der Waals surface area contributed by atoms with Gasteiger partial charge < -0.3 is 10.2 Å². The summed E-state index contributed by atoms with van der Waals surface area (Å²) in [6.45, 7) is 9.01. The van der Waals surface area contributed by atoms with Crippen molar-refractivity contribution in [2.24, 2.45) is 17.8 Å². The number of aromatic carboxylic acids is 1. The van der Waals surface area contributed by atoms with Gasteiger partial charge in [-0.05, 0) is 30.7 Å². The third-order valence-corrected chi connectivity index (χ3v) is 11.3. The van der Waals surface area contributed by atoms with Crippen LogP contribution in [0.4, 0.5) is 0 Å². The Balaban J connectivity index is 2.42. The van der Waals surface area contributed by atoms with Crippen LogP contribution in [0.5, 0.6) is 0 Å². The van der Waals surface area contributed by atoms with Crippen molar-refractivity contribution in [2.45, 2.75) is 148 Å². The molecule has 0 amide bonds. The first kappa shape index (κ1) is 34.9. The summed E-state index contributed by atoms with van der Waals surface area (Å²) in [6, 6.07) is 1.74. The Morgan fingerprint density at radius 2 is 1.27 bits per heavy atom. The Morgan fingerprint density at radius 3 is 1.70 bits per heavy atom. The number of hydrogen-bond donors (Lipinski definition) is 2. The van der Waals surface area contributed by atoms with Crippen molar-refractivity contribution in [2.75, 3.05) is 0 Å². The fourth-order valence-corrected chi connectivity index (χ4v) is 9.23. The molecule has 4 nitrogen and oxygen atoms in total. The van der Waals surface area contributed by atoms with Crippen LogP contribution >= 0.6 is 23.1 Å². The summed E-state index contributed by atoms with van der Waals surface area (Å²) in [7, 11) is 0. The highest BCUT2D eigenvalue weighted by Crippen LogP contribution is 2.58. The summed E-state index contributed by atoms with van der Waals surface area (Å²) in [5, 5.41) is 21.8. The van der Waals surface area contributed by atoms with Crippen molar-refractivity contribution in [1.82, 2.24) is 0 Å². The maximum atomic E-state index is 12.9. The van der Waals surface area contributed by atoms with Crippen molar-refractivity contribution in [3.63, 3.8) is 0 Å². The molecule has 0 spiro atoms. The van der Waals surface area contributed by atoms with Crippen LogP contribution in [0.25, 0.3) is 4.91 Å². The van der Waals surface area contributed by atoms with Crippen molar-refractivity contribution >= 4 is 39.9 Å². The van der Waals surface area contributed by atoms with Crippen LogP contribution in [-0.2, 0) is 4.79 Å². The average Bonchev–Trinajstić information content (AvgIpc) is 3.56. The van der Waals surface area contributed by atoms with E-state index in [1.807, 2.05) is 6.08 Å². The van der Waals surface area contributed by atoms with E-state index in [0.717, 1.165) is 22.6 Å². The molecule has 0 bridgehead atoms. The van der Waals surface area contributed by atoms with Gasteiger partial charge in [-0.3, -0.25) is 4.79 Å². The minimum atomic E-state index is -0.925. The van der Waals surface area contributed by atoms with E-state index < -0.39 is 17.9 Å². The molecule has 0 aromatic carbocycles. The zero-order valence-corrected chi connectivity index (χ0v) is 27.4. The number of unbranched alkanes of at least 4 members (excludes halogenated alkanes) is 8. The summed E-state index contributed by atoms with van der Waals surface area (Å²) >= 11 is 3.21. The van der Waals surface area contributed by atoms with E-state index in [1.54, 1.807) is 23.2 Å². The molecular formula is C34H56O4S2. The topological polar surface area (TPSA) is 74.6 Å². The molecule has 40 heavy (non-hydrogen) atoms. The Kier molecular flexibility index (Phi) is 16.6. The Bertz CT molecular complexity index is 880. The van der Waals surface area contributed by atoms with Gasteiger partial charge in [0.1, 0.15) is 0 Å². The van der Waals surface area contributed by atoms with Gasteiger partial charge in [-0.25, -0.2) is 4.79 Å². The lowest BCUT2D eigenvalue weighted by molar-refractivity contribution is -0.141. The number of carboxylic acids is 2. The third kappa shape index (κ3) is 11.2. The molecule has 2 rings (SSSR count). The highest BCUT2D eigenvalue weighted by Gasteiger charge is 2.50. The summed E-state index contributed by atoms with van der Waals surface area (Å²) < 4.78 is -0.374. The molecule has 3 atom stereocenters. The average molecular weight is 593 g/mol. The lowest BCUT2D eigenvalue weighted by Gasteiger charge is -2.39. The van der Waals surface area contributed by atoms with E-state index in [4.69, 9.17) is 0 Å². The van der Waals surface area contributed by atoms with E-state index in [-0.39, 0.29) is 4.75 Å². The largest absolute Gasteiger partial charge is 0.481 e. The lowest BCUT2D eigenvalue weighted by Crippen LogP contribution is -2.40. The van der Waals surface area contributed by atoms with Crippen LogP contribution in [-0.4, -0.2) is 26.9 Å². The zero-order chi connectivity index (χ0) is 29.4. The van der Waals surface area contributed by atoms with Gasteiger partial charge in [0, 0.05) is 19.9 Å². The maximum absolute atomic E-state index is 12.9. The zero-order valence-electron chi connectivity index (χ0n) is 25.7. The lowest BCUT2D eigenvalue weighted by atomic mass is 9.74. The van der Waals surface area contributed by atoms with Gasteiger partial charge in [0.05, 0.1) is 11.5 Å². The number of carbonyl (C=O) groups is 2. The minimum absolute atomic E-state index is 0.291. The molecule has 2 heterocycles. The second-order valence-electron chi connectivity index (χ2n) is 12.1. The van der Waals surface area contributed by atoms with E-state index in [9.17, 15) is 19.8 Å². The van der Waals surface area contributed by atoms with Gasteiger partial charge in [0.15, 0.2) is 0 Å². The highest BCUT2D eigenvalue weighted by atomic mass is 32.2. The van der Waals surface area contributed by atoms with Crippen molar-refractivity contribution < 1.29 is 19.8 Å². The SMILES string of the molecule is CCCCCCC(CCCC)CC1(CC(CCCC)CCCCCC)SC(c2cc(C(=O)O)cs2)=CC1C(=O)O. The van der Waals surface area contributed by atoms with Gasteiger partial charge in [-0.2, -0.15) is 0 Å². The number of carboxylic acid groups (broad SMARTS) is 2. The van der Waals surface area contributed by atoms with Gasteiger partial charge in [0.2, 0.25) is 0 Å².